The number of ether oxygens (including phenoxy) is 2. The Labute approximate surface area is 186 Å². The smallest absolute Gasteiger partial charge is 0.333 e. The molecule has 0 radical (unpaired) electrons. The largest absolute Gasteiger partial charge is 0.493 e. The summed E-state index contributed by atoms with van der Waals surface area (Å²) in [5, 5.41) is 10.1. The van der Waals surface area contributed by atoms with Crippen LogP contribution in [-0.4, -0.2) is 38.6 Å². The van der Waals surface area contributed by atoms with Crippen molar-refractivity contribution in [3.05, 3.63) is 69.3 Å². The van der Waals surface area contributed by atoms with Crippen molar-refractivity contribution in [3.8, 4) is 23.1 Å². The minimum atomic E-state index is -0.397. The van der Waals surface area contributed by atoms with Gasteiger partial charge in [-0.25, -0.2) is 9.36 Å². The lowest BCUT2D eigenvalue weighted by Crippen LogP contribution is -2.30. The predicted molar refractivity (Wildman–Crippen MR) is 123 cm³/mol. The first-order valence-electron chi connectivity index (χ1n) is 10.7. The van der Waals surface area contributed by atoms with Crippen molar-refractivity contribution >= 4 is 5.71 Å². The van der Waals surface area contributed by atoms with Crippen molar-refractivity contribution in [2.45, 2.75) is 51.7 Å². The van der Waals surface area contributed by atoms with Crippen molar-refractivity contribution in [1.82, 2.24) is 9.55 Å². The summed E-state index contributed by atoms with van der Waals surface area (Å²) in [6.45, 7) is 8.37. The van der Waals surface area contributed by atoms with Crippen LogP contribution in [0, 0.1) is 0 Å². The molecule has 0 bridgehead atoms. The zero-order valence-electron chi connectivity index (χ0n) is 18.9. The normalized spacial score (nSPS) is 17.8. The summed E-state index contributed by atoms with van der Waals surface area (Å²) >= 11 is 0. The van der Waals surface area contributed by atoms with Crippen LogP contribution in [0.3, 0.4) is 0 Å². The summed E-state index contributed by atoms with van der Waals surface area (Å²) < 4.78 is 13.2. The molecule has 3 heterocycles. The molecule has 7 heteroatoms. The minimum Gasteiger partial charge on any atom is -0.493 e. The number of aromatic hydroxyl groups is 1. The Morgan fingerprint density at radius 3 is 2.66 bits per heavy atom. The van der Waals surface area contributed by atoms with Crippen LogP contribution in [0.25, 0.3) is 5.69 Å². The van der Waals surface area contributed by atoms with Crippen molar-refractivity contribution in [2.75, 3.05) is 7.11 Å². The fraction of sp³-hybridized carbons (Fsp3) is 0.360. The van der Waals surface area contributed by atoms with Crippen molar-refractivity contribution in [1.29, 1.82) is 0 Å². The van der Waals surface area contributed by atoms with Crippen LogP contribution < -0.4 is 15.2 Å². The quantitative estimate of drug-likeness (QED) is 0.658. The summed E-state index contributed by atoms with van der Waals surface area (Å²) in [7, 11) is 1.67. The third kappa shape index (κ3) is 3.20. The second-order valence-electron chi connectivity index (χ2n) is 9.75. The number of nitrogens with zero attached hydrogens (tertiary/aromatic N) is 2. The summed E-state index contributed by atoms with van der Waals surface area (Å²) in [6, 6.07) is 9.60. The first-order valence-corrected chi connectivity index (χ1v) is 10.7. The molecule has 2 aliphatic rings. The zero-order chi connectivity index (χ0) is 22.8. The molecule has 3 aromatic rings. The van der Waals surface area contributed by atoms with E-state index in [2.05, 4.69) is 38.7 Å². The molecule has 2 aliphatic heterocycles. The lowest BCUT2D eigenvalue weighted by Gasteiger charge is -2.31. The van der Waals surface area contributed by atoms with E-state index >= 15 is 0 Å². The van der Waals surface area contributed by atoms with Gasteiger partial charge in [-0.15, -0.1) is 0 Å². The van der Waals surface area contributed by atoms with Gasteiger partial charge >= 0.3 is 5.69 Å². The number of methoxy groups -OCH3 is 1. The number of rotatable bonds is 3. The van der Waals surface area contributed by atoms with Gasteiger partial charge in [0, 0.05) is 23.1 Å². The maximum absolute atomic E-state index is 12.2. The van der Waals surface area contributed by atoms with Gasteiger partial charge < -0.3 is 19.6 Å². The molecule has 32 heavy (non-hydrogen) atoms. The van der Waals surface area contributed by atoms with Crippen LogP contribution in [0.1, 0.15) is 49.9 Å². The first-order chi connectivity index (χ1) is 15.1. The number of nitrogens with one attached hydrogen (secondary N) is 1. The van der Waals surface area contributed by atoms with Gasteiger partial charge in [0.2, 0.25) is 5.88 Å². The molecule has 0 unspecified atom stereocenters. The second-order valence-corrected chi connectivity index (χ2v) is 9.75. The zero-order valence-corrected chi connectivity index (χ0v) is 18.9. The Bertz CT molecular complexity index is 1330. The molecule has 0 saturated heterocycles. The summed E-state index contributed by atoms with van der Waals surface area (Å²) in [6.07, 6.45) is 2.82. The third-order valence-electron chi connectivity index (χ3n) is 6.04. The Morgan fingerprint density at radius 2 is 1.97 bits per heavy atom. The lowest BCUT2D eigenvalue weighted by molar-refractivity contribution is 0.134. The van der Waals surface area contributed by atoms with E-state index in [4.69, 9.17) is 14.5 Å². The van der Waals surface area contributed by atoms with E-state index in [0.717, 1.165) is 46.7 Å². The van der Waals surface area contributed by atoms with Gasteiger partial charge in [0.25, 0.3) is 0 Å². The third-order valence-corrected chi connectivity index (χ3v) is 6.04. The number of imidazole rings is 1. The van der Waals surface area contributed by atoms with Crippen LogP contribution in [-0.2, 0) is 12.8 Å². The average Bonchev–Trinajstić information content (AvgIpc) is 3.23. The Kier molecular flexibility index (Phi) is 4.31. The summed E-state index contributed by atoms with van der Waals surface area (Å²) in [4.78, 5) is 19.9. The molecule has 0 fully saturated rings. The minimum absolute atomic E-state index is 0.140. The van der Waals surface area contributed by atoms with E-state index in [-0.39, 0.29) is 17.0 Å². The number of hydrogen-bond acceptors (Lipinski definition) is 5. The fourth-order valence-corrected chi connectivity index (χ4v) is 4.83. The van der Waals surface area contributed by atoms with Crippen molar-refractivity contribution in [2.24, 2.45) is 4.99 Å². The molecule has 0 amide bonds. The monoisotopic (exact) mass is 433 g/mol. The van der Waals surface area contributed by atoms with Crippen molar-refractivity contribution in [3.63, 3.8) is 0 Å². The van der Waals surface area contributed by atoms with Gasteiger partial charge in [-0.05, 0) is 57.9 Å². The Balaban J connectivity index is 1.74. The SMILES string of the molecule is COc1cc2c(c3c1OC(C)(C)C3)C(c1cccc(-n3c(O)c[nH]c3=O)c1)=NC(C)(C)C2. The number of hydrogen-bond donors (Lipinski definition) is 2. The Hall–Kier alpha value is -3.48. The van der Waals surface area contributed by atoms with E-state index in [1.54, 1.807) is 13.2 Å². The van der Waals surface area contributed by atoms with Crippen molar-refractivity contribution < 1.29 is 14.6 Å². The number of aromatic nitrogens is 2. The van der Waals surface area contributed by atoms with Crippen LogP contribution >= 0.6 is 0 Å². The maximum atomic E-state index is 12.2. The molecule has 166 valence electrons. The molecule has 2 N–H and O–H groups in total. The van der Waals surface area contributed by atoms with Gasteiger partial charge in [0.1, 0.15) is 5.60 Å². The maximum Gasteiger partial charge on any atom is 0.333 e. The first kappa shape index (κ1) is 20.4. The van der Waals surface area contributed by atoms with E-state index < -0.39 is 5.69 Å². The van der Waals surface area contributed by atoms with Gasteiger partial charge in [-0.2, -0.15) is 0 Å². The molecule has 1 aromatic heterocycles. The van der Waals surface area contributed by atoms with E-state index in [1.165, 1.54) is 16.3 Å². The van der Waals surface area contributed by atoms with Crippen LogP contribution in [0.5, 0.6) is 17.4 Å². The highest BCUT2D eigenvalue weighted by Gasteiger charge is 2.39. The standard InChI is InChI=1S/C25H27N3O4/c1-24(2)11-15-10-18(31-5)22-17(12-25(3,4)32-22)20(15)21(27-24)14-7-6-8-16(9-14)28-19(29)13-26-23(28)30/h6-10,13,29H,11-12H2,1-5H3,(H,26,30). The highest BCUT2D eigenvalue weighted by molar-refractivity contribution is 6.16. The van der Waals surface area contributed by atoms with Crippen LogP contribution in [0.2, 0.25) is 0 Å². The van der Waals surface area contributed by atoms with E-state index in [9.17, 15) is 9.90 Å². The molecular formula is C25H27N3O4. The van der Waals surface area contributed by atoms with Crippen LogP contribution in [0.15, 0.2) is 46.3 Å². The number of H-pyrrole nitrogens is 1. The van der Waals surface area contributed by atoms with Gasteiger partial charge in [-0.1, -0.05) is 12.1 Å². The van der Waals surface area contributed by atoms with Gasteiger partial charge in [0.05, 0.1) is 30.2 Å². The Morgan fingerprint density at radius 1 is 1.19 bits per heavy atom. The van der Waals surface area contributed by atoms with E-state index in [0.29, 0.717) is 5.69 Å². The number of aliphatic imine (C=N–C) groups is 1. The van der Waals surface area contributed by atoms with Gasteiger partial charge in [0.15, 0.2) is 11.5 Å². The molecule has 7 nitrogen and oxygen atoms in total. The molecular weight excluding hydrogens is 406 g/mol. The highest BCUT2D eigenvalue weighted by atomic mass is 16.5. The topological polar surface area (TPSA) is 88.8 Å². The lowest BCUT2D eigenvalue weighted by atomic mass is 9.81. The van der Waals surface area contributed by atoms with E-state index in [1.807, 2.05) is 18.2 Å². The van der Waals surface area contributed by atoms with Crippen LogP contribution in [0.4, 0.5) is 0 Å². The number of fused-ring (bicyclic) bond motifs is 3. The average molecular weight is 434 g/mol. The second kappa shape index (κ2) is 6.76. The molecule has 0 spiro atoms. The molecule has 0 aliphatic carbocycles. The molecule has 0 atom stereocenters. The number of aromatic amines is 1. The fourth-order valence-electron chi connectivity index (χ4n) is 4.83. The predicted octanol–water partition coefficient (Wildman–Crippen LogP) is 3.77. The molecule has 5 rings (SSSR count). The molecule has 2 aromatic carbocycles. The number of benzene rings is 2. The highest BCUT2D eigenvalue weighted by Crippen LogP contribution is 2.47. The van der Waals surface area contributed by atoms with Gasteiger partial charge in [-0.3, -0.25) is 4.99 Å². The molecule has 0 saturated carbocycles. The summed E-state index contributed by atoms with van der Waals surface area (Å²) in [5.74, 6) is 1.39. The summed E-state index contributed by atoms with van der Waals surface area (Å²) in [5.41, 5.74) is 4.62.